The Morgan fingerprint density at radius 3 is 2.39 bits per heavy atom. The van der Waals surface area contributed by atoms with Crippen LogP contribution in [-0.2, 0) is 9.53 Å². The van der Waals surface area contributed by atoms with Crippen LogP contribution < -0.4 is 0 Å². The van der Waals surface area contributed by atoms with Crippen molar-refractivity contribution in [2.24, 2.45) is 40.4 Å². The summed E-state index contributed by atoms with van der Waals surface area (Å²) in [6.07, 6.45) is 8.35. The highest BCUT2D eigenvalue weighted by Crippen LogP contribution is 2.69. The van der Waals surface area contributed by atoms with Crippen LogP contribution in [-0.4, -0.2) is 28.6 Å². The number of fused-ring (bicyclic) bond motifs is 5. The third kappa shape index (κ3) is 3.26. The number of hydrogen-bond donors (Lipinski definition) is 1. The molecule has 4 heteroatoms. The van der Waals surface area contributed by atoms with Gasteiger partial charge in [-0.1, -0.05) is 39.0 Å². The summed E-state index contributed by atoms with van der Waals surface area (Å²) in [7, 11) is 0. The van der Waals surface area contributed by atoms with Crippen LogP contribution in [0.5, 0.6) is 0 Å². The molecule has 5 rings (SSSR count). The summed E-state index contributed by atoms with van der Waals surface area (Å²) in [5.74, 6) is 2.02. The first-order valence-corrected chi connectivity index (χ1v) is 13.1. The number of aliphatic hydroxyl groups is 1. The Hall–Kier alpha value is -1.68. The molecule has 9 atom stereocenters. The van der Waals surface area contributed by atoms with Crippen molar-refractivity contribution in [3.63, 3.8) is 0 Å². The van der Waals surface area contributed by atoms with Crippen LogP contribution in [0.4, 0.5) is 0 Å². The van der Waals surface area contributed by atoms with Crippen LogP contribution in [0.1, 0.15) is 89.4 Å². The quantitative estimate of drug-likeness (QED) is 0.587. The van der Waals surface area contributed by atoms with Crippen LogP contribution in [0.25, 0.3) is 0 Å². The Kier molecular flexibility index (Phi) is 5.55. The first-order chi connectivity index (χ1) is 15.6. The van der Waals surface area contributed by atoms with Crippen LogP contribution in [0, 0.1) is 40.4 Å². The number of esters is 1. The van der Waals surface area contributed by atoms with Gasteiger partial charge in [0.1, 0.15) is 11.7 Å². The molecule has 0 bridgehead atoms. The molecule has 0 amide bonds. The Labute approximate surface area is 198 Å². The van der Waals surface area contributed by atoms with Crippen molar-refractivity contribution in [1.82, 2.24) is 0 Å². The lowest BCUT2D eigenvalue weighted by Gasteiger charge is -2.61. The number of ether oxygens (including phenoxy) is 1. The molecule has 4 saturated carbocycles. The second kappa shape index (κ2) is 7.93. The SMILES string of the molecule is CC(=O)[C@@]1(O)[C@H](C)C[C@H]2[C@@H]3CC[C@H]4C[C@H](OC(=O)c5ccccc5)CC[C@]4(C)[C@H]3CC[C@@]21C. The molecule has 0 spiro atoms. The van der Waals surface area contributed by atoms with Gasteiger partial charge in [0, 0.05) is 5.41 Å². The summed E-state index contributed by atoms with van der Waals surface area (Å²) in [4.78, 5) is 25.2. The van der Waals surface area contributed by atoms with Gasteiger partial charge >= 0.3 is 5.97 Å². The van der Waals surface area contributed by atoms with Gasteiger partial charge in [0.05, 0.1) is 5.56 Å². The average Bonchev–Trinajstić information content (AvgIpc) is 3.01. The summed E-state index contributed by atoms with van der Waals surface area (Å²) in [6, 6.07) is 9.32. The second-order valence-electron chi connectivity index (χ2n) is 12.2. The number of carbonyl (C=O) groups excluding carboxylic acids is 2. The number of ketones is 1. The predicted molar refractivity (Wildman–Crippen MR) is 128 cm³/mol. The zero-order chi connectivity index (χ0) is 23.6. The second-order valence-corrected chi connectivity index (χ2v) is 12.2. The summed E-state index contributed by atoms with van der Waals surface area (Å²) in [5, 5.41) is 11.6. The minimum Gasteiger partial charge on any atom is -0.459 e. The Balaban J connectivity index is 1.32. The lowest BCUT2D eigenvalue weighted by atomic mass is 9.44. The van der Waals surface area contributed by atoms with E-state index in [1.807, 2.05) is 30.3 Å². The molecule has 1 N–H and O–H groups in total. The molecule has 0 aromatic heterocycles. The van der Waals surface area contributed by atoms with E-state index in [4.69, 9.17) is 4.74 Å². The topological polar surface area (TPSA) is 63.6 Å². The molecule has 0 radical (unpaired) electrons. The maximum Gasteiger partial charge on any atom is 0.338 e. The van der Waals surface area contributed by atoms with Crippen LogP contribution in [0.3, 0.4) is 0 Å². The van der Waals surface area contributed by atoms with Crippen LogP contribution in [0.2, 0.25) is 0 Å². The zero-order valence-electron chi connectivity index (χ0n) is 20.7. The highest BCUT2D eigenvalue weighted by atomic mass is 16.5. The van der Waals surface area contributed by atoms with E-state index in [-0.39, 0.29) is 34.6 Å². The van der Waals surface area contributed by atoms with Gasteiger partial charge in [0.2, 0.25) is 0 Å². The molecule has 1 aromatic rings. The van der Waals surface area contributed by atoms with E-state index < -0.39 is 5.60 Å². The fraction of sp³-hybridized carbons (Fsp3) is 0.724. The van der Waals surface area contributed by atoms with E-state index in [9.17, 15) is 14.7 Å². The van der Waals surface area contributed by atoms with Gasteiger partial charge in [-0.25, -0.2) is 4.79 Å². The van der Waals surface area contributed by atoms with E-state index >= 15 is 0 Å². The number of Topliss-reactive ketones (excluding diaryl/α,β-unsaturated/α-hetero) is 1. The van der Waals surface area contributed by atoms with Gasteiger partial charge in [-0.15, -0.1) is 0 Å². The van der Waals surface area contributed by atoms with E-state index in [0.29, 0.717) is 29.2 Å². The molecule has 4 fully saturated rings. The fourth-order valence-corrected chi connectivity index (χ4v) is 9.21. The Morgan fingerprint density at radius 2 is 1.70 bits per heavy atom. The summed E-state index contributed by atoms with van der Waals surface area (Å²) >= 11 is 0. The number of hydrogen-bond acceptors (Lipinski definition) is 4. The molecule has 4 aliphatic rings. The summed E-state index contributed by atoms with van der Waals surface area (Å²) < 4.78 is 5.95. The maximum atomic E-state index is 12.6. The van der Waals surface area contributed by atoms with Gasteiger partial charge in [-0.2, -0.15) is 0 Å². The minimum atomic E-state index is -1.18. The van der Waals surface area contributed by atoms with Crippen LogP contribution >= 0.6 is 0 Å². The fourth-order valence-electron chi connectivity index (χ4n) is 9.21. The minimum absolute atomic E-state index is 0.00972. The third-order valence-corrected chi connectivity index (χ3v) is 11.0. The molecule has 180 valence electrons. The van der Waals surface area contributed by atoms with Crippen molar-refractivity contribution < 1.29 is 19.4 Å². The van der Waals surface area contributed by atoms with Crippen LogP contribution in [0.15, 0.2) is 30.3 Å². The monoisotopic (exact) mass is 452 g/mol. The lowest BCUT2D eigenvalue weighted by molar-refractivity contribution is -0.175. The van der Waals surface area contributed by atoms with Crippen molar-refractivity contribution in [3.05, 3.63) is 35.9 Å². The Bertz CT molecular complexity index is 927. The van der Waals surface area contributed by atoms with Gasteiger partial charge < -0.3 is 9.84 Å². The van der Waals surface area contributed by atoms with Crippen molar-refractivity contribution >= 4 is 11.8 Å². The Morgan fingerprint density at radius 1 is 0.970 bits per heavy atom. The number of rotatable bonds is 3. The highest BCUT2D eigenvalue weighted by Gasteiger charge is 2.68. The van der Waals surface area contributed by atoms with Gasteiger partial charge in [0.15, 0.2) is 5.78 Å². The van der Waals surface area contributed by atoms with Crippen molar-refractivity contribution in [2.75, 3.05) is 0 Å². The zero-order valence-corrected chi connectivity index (χ0v) is 20.7. The first-order valence-electron chi connectivity index (χ1n) is 13.1. The standard InChI is InChI=1S/C29H40O4/c1-18-16-25-23-11-10-21-17-22(33-26(31)20-8-6-5-7-9-20)12-14-27(21,3)24(23)13-15-28(25,4)29(18,32)19(2)30/h5-9,18,21-25,32H,10-17H2,1-4H3/t18-,21+,22-,23-,24+,25+,27+,28+,29+/m1/s1. The predicted octanol–water partition coefficient (Wildman–Crippen LogP) is 5.82. The molecule has 4 aliphatic carbocycles. The summed E-state index contributed by atoms with van der Waals surface area (Å²) in [5.41, 5.74) is -0.580. The van der Waals surface area contributed by atoms with Gasteiger partial charge in [-0.05, 0) is 105 Å². The van der Waals surface area contributed by atoms with Gasteiger partial charge in [-0.3, -0.25) is 4.79 Å². The molecular formula is C29H40O4. The molecule has 0 saturated heterocycles. The maximum absolute atomic E-state index is 12.6. The molecule has 0 heterocycles. The largest absolute Gasteiger partial charge is 0.459 e. The highest BCUT2D eigenvalue weighted by molar-refractivity contribution is 5.89. The van der Waals surface area contributed by atoms with E-state index in [1.165, 1.54) is 6.42 Å². The molecular weight excluding hydrogens is 412 g/mol. The molecule has 1 aromatic carbocycles. The van der Waals surface area contributed by atoms with Gasteiger partial charge in [0.25, 0.3) is 0 Å². The molecule has 33 heavy (non-hydrogen) atoms. The molecule has 4 nitrogen and oxygen atoms in total. The normalized spacial score (nSPS) is 46.6. The smallest absolute Gasteiger partial charge is 0.338 e. The average molecular weight is 453 g/mol. The van der Waals surface area contributed by atoms with E-state index in [2.05, 4.69) is 20.8 Å². The number of benzene rings is 1. The van der Waals surface area contributed by atoms with Crippen molar-refractivity contribution in [1.29, 1.82) is 0 Å². The molecule has 0 unspecified atom stereocenters. The third-order valence-electron chi connectivity index (χ3n) is 11.0. The first kappa shape index (κ1) is 23.1. The molecule has 0 aliphatic heterocycles. The summed E-state index contributed by atoms with van der Waals surface area (Å²) in [6.45, 7) is 8.36. The van der Waals surface area contributed by atoms with E-state index in [1.54, 1.807) is 6.92 Å². The lowest BCUT2D eigenvalue weighted by Crippen LogP contribution is -2.59. The van der Waals surface area contributed by atoms with Crippen molar-refractivity contribution in [3.8, 4) is 0 Å². The number of carbonyl (C=O) groups is 2. The van der Waals surface area contributed by atoms with Crippen molar-refractivity contribution in [2.45, 2.75) is 90.8 Å². The van der Waals surface area contributed by atoms with E-state index in [0.717, 1.165) is 44.9 Å².